The van der Waals surface area contributed by atoms with Gasteiger partial charge in [0.25, 0.3) is 0 Å². The molecule has 8 heteroatoms. The minimum absolute atomic E-state index is 0.00701. The fraction of sp³-hybridized carbons (Fsp3) is 0.474. The van der Waals surface area contributed by atoms with E-state index in [2.05, 4.69) is 15.3 Å². The highest BCUT2D eigenvalue weighted by molar-refractivity contribution is 7.95. The lowest BCUT2D eigenvalue weighted by molar-refractivity contribution is 0.203. The molecule has 1 aliphatic carbocycles. The summed E-state index contributed by atoms with van der Waals surface area (Å²) in [6.45, 7) is 1.64. The van der Waals surface area contributed by atoms with E-state index in [4.69, 9.17) is 16.9 Å². The number of carbonyl (C=O) groups excluding carboxylic acids is 1. The van der Waals surface area contributed by atoms with Gasteiger partial charge in [0.05, 0.1) is 15.5 Å². The Morgan fingerprint density at radius 3 is 2.67 bits per heavy atom. The Balaban J connectivity index is 2.28. The molecule has 2 aliphatic rings. The summed E-state index contributed by atoms with van der Waals surface area (Å²) in [5, 5.41) is 0. The van der Waals surface area contributed by atoms with Gasteiger partial charge >= 0.3 is 6.09 Å². The van der Waals surface area contributed by atoms with Gasteiger partial charge in [0.2, 0.25) is 5.90 Å². The normalized spacial score (nSPS) is 29.0. The maximum atomic E-state index is 14.7. The third kappa shape index (κ3) is 3.00. The van der Waals surface area contributed by atoms with E-state index >= 15 is 0 Å². The summed E-state index contributed by atoms with van der Waals surface area (Å²) in [6, 6.07) is 4.24. The molecule has 27 heavy (non-hydrogen) atoms. The van der Waals surface area contributed by atoms with Gasteiger partial charge in [-0.2, -0.15) is 0 Å². The second kappa shape index (κ2) is 6.64. The molecule has 144 valence electrons. The van der Waals surface area contributed by atoms with Gasteiger partial charge < -0.3 is 10.5 Å². The Hall–Kier alpha value is -2.40. The Morgan fingerprint density at radius 2 is 2.11 bits per heavy atom. The quantitative estimate of drug-likeness (QED) is 0.746. The number of amides is 1. The molecule has 0 aromatic heterocycles. The van der Waals surface area contributed by atoms with Crippen molar-refractivity contribution in [2.24, 2.45) is 15.1 Å². The monoisotopic (exact) mass is 391 g/mol. The van der Waals surface area contributed by atoms with Crippen LogP contribution in [0.3, 0.4) is 0 Å². The molecule has 0 unspecified atom stereocenters. The van der Waals surface area contributed by atoms with Crippen LogP contribution in [-0.2, 0) is 20.0 Å². The van der Waals surface area contributed by atoms with Crippen molar-refractivity contribution in [1.29, 1.82) is 0 Å². The van der Waals surface area contributed by atoms with E-state index in [9.17, 15) is 13.4 Å². The van der Waals surface area contributed by atoms with E-state index in [1.807, 2.05) is 0 Å². The van der Waals surface area contributed by atoms with E-state index in [0.717, 1.165) is 12.8 Å². The molecule has 0 radical (unpaired) electrons. The Labute approximate surface area is 158 Å². The van der Waals surface area contributed by atoms with Crippen LogP contribution in [0.2, 0.25) is 0 Å². The fourth-order valence-corrected chi connectivity index (χ4v) is 7.13. The number of rotatable bonds is 1. The number of halogens is 1. The van der Waals surface area contributed by atoms with Crippen LogP contribution in [-0.4, -0.2) is 33.7 Å². The summed E-state index contributed by atoms with van der Waals surface area (Å²) in [6.07, 6.45) is 7.07. The summed E-state index contributed by atoms with van der Waals surface area (Å²) < 4.78 is 37.1. The number of nitrogens with zero attached hydrogens (tertiary/aromatic N) is 2. The van der Waals surface area contributed by atoms with Gasteiger partial charge in [-0.15, -0.1) is 6.42 Å². The average molecular weight is 391 g/mol. The van der Waals surface area contributed by atoms with Gasteiger partial charge in [-0.05, 0) is 38.0 Å². The van der Waals surface area contributed by atoms with Crippen LogP contribution >= 0.6 is 0 Å². The molecule has 1 fully saturated rings. The fourth-order valence-electron chi connectivity index (χ4n) is 4.11. The van der Waals surface area contributed by atoms with E-state index in [0.29, 0.717) is 18.4 Å². The first-order chi connectivity index (χ1) is 12.7. The van der Waals surface area contributed by atoms with Crippen LogP contribution < -0.4 is 5.73 Å². The van der Waals surface area contributed by atoms with E-state index in [-0.39, 0.29) is 17.2 Å². The number of primary amides is 1. The molecule has 1 spiro atoms. The summed E-state index contributed by atoms with van der Waals surface area (Å²) in [7, 11) is -1.44. The van der Waals surface area contributed by atoms with Crippen molar-refractivity contribution >= 4 is 21.7 Å². The number of hydrogen-bond acceptors (Lipinski definition) is 5. The maximum Gasteiger partial charge on any atom is 0.411 e. The molecule has 6 nitrogen and oxygen atoms in total. The topological polar surface area (TPSA) is 94.1 Å². The lowest BCUT2D eigenvalue weighted by Crippen LogP contribution is -2.55. The highest BCUT2D eigenvalue weighted by atomic mass is 32.2. The molecule has 2 N–H and O–H groups in total. The lowest BCUT2D eigenvalue weighted by atomic mass is 9.91. The van der Waals surface area contributed by atoms with Crippen molar-refractivity contribution in [2.75, 3.05) is 12.8 Å². The standard InChI is InChI=1S/C19H22FN3O3S/c1-4-13-7-8-15(20)14(11-13)18(2)12-27(25,22-3)19(9-5-6-10-19)16(23-18)26-17(21)24/h1,7-8,11H,5-6,9-10,12H2,2-3H3,(H2,21,24)/t18-,27-/m0/s1. The second-order valence-electron chi connectivity index (χ2n) is 7.12. The van der Waals surface area contributed by atoms with E-state index < -0.39 is 31.9 Å². The van der Waals surface area contributed by atoms with Gasteiger partial charge in [-0.1, -0.05) is 18.8 Å². The van der Waals surface area contributed by atoms with Crippen molar-refractivity contribution in [2.45, 2.75) is 42.9 Å². The molecule has 1 amide bonds. The molecule has 3 rings (SSSR count). The number of terminal acetylenes is 1. The van der Waals surface area contributed by atoms with Gasteiger partial charge in [0, 0.05) is 18.2 Å². The van der Waals surface area contributed by atoms with Crippen LogP contribution in [0.15, 0.2) is 27.6 Å². The molecule has 1 heterocycles. The first kappa shape index (κ1) is 19.4. The van der Waals surface area contributed by atoms with Crippen molar-refractivity contribution < 1.29 is 18.1 Å². The molecule has 1 saturated carbocycles. The Kier molecular flexibility index (Phi) is 4.76. The zero-order chi connectivity index (χ0) is 19.9. The number of ether oxygens (including phenoxy) is 1. The van der Waals surface area contributed by atoms with Crippen LogP contribution in [0, 0.1) is 18.2 Å². The van der Waals surface area contributed by atoms with E-state index in [1.54, 1.807) is 6.92 Å². The van der Waals surface area contributed by atoms with Crippen LogP contribution in [0.5, 0.6) is 0 Å². The predicted octanol–water partition coefficient (Wildman–Crippen LogP) is 2.94. The lowest BCUT2D eigenvalue weighted by Gasteiger charge is -2.42. The third-order valence-corrected chi connectivity index (χ3v) is 8.79. The maximum absolute atomic E-state index is 14.7. The molecular weight excluding hydrogens is 369 g/mol. The molecule has 2 atom stereocenters. The molecule has 0 bridgehead atoms. The largest absolute Gasteiger partial charge is 0.411 e. The Morgan fingerprint density at radius 1 is 1.44 bits per heavy atom. The van der Waals surface area contributed by atoms with Crippen LogP contribution in [0.1, 0.15) is 43.7 Å². The zero-order valence-electron chi connectivity index (χ0n) is 15.3. The smallest absolute Gasteiger partial charge is 0.394 e. The second-order valence-corrected chi connectivity index (χ2v) is 9.84. The summed E-state index contributed by atoms with van der Waals surface area (Å²) in [5.74, 6) is 1.93. The molecular formula is C19H22FN3O3S. The van der Waals surface area contributed by atoms with Crippen LogP contribution in [0.25, 0.3) is 0 Å². The number of hydrogen-bond donors (Lipinski definition) is 1. The summed E-state index contributed by atoms with van der Waals surface area (Å²) >= 11 is 0. The van der Waals surface area contributed by atoms with Gasteiger partial charge in [-0.3, -0.25) is 0 Å². The molecule has 1 aromatic carbocycles. The molecule has 0 saturated heterocycles. The number of aliphatic imine (C=N–C) groups is 1. The van der Waals surface area contributed by atoms with Gasteiger partial charge in [-0.25, -0.2) is 22.7 Å². The highest BCUT2D eigenvalue weighted by Gasteiger charge is 2.56. The number of carbonyl (C=O) groups is 1. The van der Waals surface area contributed by atoms with Crippen molar-refractivity contribution in [1.82, 2.24) is 0 Å². The van der Waals surface area contributed by atoms with Gasteiger partial charge in [0.15, 0.2) is 0 Å². The predicted molar refractivity (Wildman–Crippen MR) is 102 cm³/mol. The summed E-state index contributed by atoms with van der Waals surface area (Å²) in [4.78, 5) is 16.1. The first-order valence-electron chi connectivity index (χ1n) is 8.66. The summed E-state index contributed by atoms with van der Waals surface area (Å²) in [5.41, 5.74) is 4.64. The van der Waals surface area contributed by atoms with Crippen molar-refractivity contribution in [3.8, 4) is 12.3 Å². The molecule has 1 aromatic rings. The van der Waals surface area contributed by atoms with Crippen molar-refractivity contribution in [3.05, 3.63) is 35.1 Å². The first-order valence-corrected chi connectivity index (χ1v) is 10.3. The number of nitrogens with two attached hydrogens (primary N) is 1. The van der Waals surface area contributed by atoms with Gasteiger partial charge in [0.1, 0.15) is 16.1 Å². The minimum Gasteiger partial charge on any atom is -0.394 e. The average Bonchev–Trinajstić information content (AvgIpc) is 3.11. The SMILES string of the molecule is C#Cc1ccc(F)c([C@]2(C)C[S@@](=O)(=NC)C3(CCCC3)C(OC(N)=O)=N2)c1. The highest BCUT2D eigenvalue weighted by Crippen LogP contribution is 2.47. The number of benzene rings is 1. The van der Waals surface area contributed by atoms with E-state index in [1.165, 1.54) is 25.2 Å². The van der Waals surface area contributed by atoms with Crippen molar-refractivity contribution in [3.63, 3.8) is 0 Å². The zero-order valence-corrected chi connectivity index (χ0v) is 16.1. The van der Waals surface area contributed by atoms with Crippen LogP contribution in [0.4, 0.5) is 9.18 Å². The molecule has 1 aliphatic heterocycles. The Bertz CT molecular complexity index is 982. The minimum atomic E-state index is -2.91. The third-order valence-electron chi connectivity index (χ3n) is 5.44.